The van der Waals surface area contributed by atoms with Crippen LogP contribution in [0.15, 0.2) is 29.1 Å². The van der Waals surface area contributed by atoms with Crippen molar-refractivity contribution in [2.75, 3.05) is 5.73 Å². The van der Waals surface area contributed by atoms with E-state index in [1.54, 1.807) is 11.6 Å². The molecule has 0 saturated carbocycles. The molecule has 4 nitrogen and oxygen atoms in total. The predicted octanol–water partition coefficient (Wildman–Crippen LogP) is 2.46. The zero-order valence-electron chi connectivity index (χ0n) is 11.6. The van der Waals surface area contributed by atoms with Crippen LogP contribution in [0.1, 0.15) is 36.5 Å². The second-order valence-electron chi connectivity index (χ2n) is 4.96. The first-order chi connectivity index (χ1) is 9.11. The second kappa shape index (κ2) is 5.78. The molecule has 0 spiro atoms. The third kappa shape index (κ3) is 3.08. The van der Waals surface area contributed by atoms with Crippen molar-refractivity contribution >= 4 is 5.82 Å². The lowest BCUT2D eigenvalue weighted by Gasteiger charge is -2.04. The zero-order chi connectivity index (χ0) is 13.8. The van der Waals surface area contributed by atoms with Crippen molar-refractivity contribution < 1.29 is 0 Å². The van der Waals surface area contributed by atoms with E-state index in [-0.39, 0.29) is 5.56 Å². The number of unbranched alkanes of at least 4 members (excludes halogenated alkanes) is 1. The Morgan fingerprint density at radius 3 is 2.37 bits per heavy atom. The van der Waals surface area contributed by atoms with Gasteiger partial charge in [0.25, 0.3) is 5.56 Å². The first-order valence-corrected chi connectivity index (χ1v) is 6.74. The number of rotatable bonds is 5. The van der Waals surface area contributed by atoms with Gasteiger partial charge in [0.1, 0.15) is 5.82 Å². The summed E-state index contributed by atoms with van der Waals surface area (Å²) >= 11 is 0. The lowest BCUT2D eigenvalue weighted by molar-refractivity contribution is 0.665. The minimum atomic E-state index is -0.0486. The van der Waals surface area contributed by atoms with Crippen molar-refractivity contribution in [3.05, 3.63) is 51.3 Å². The number of aryl methyl sites for hydroxylation is 1. The molecule has 0 amide bonds. The van der Waals surface area contributed by atoms with Gasteiger partial charge >= 0.3 is 0 Å². The van der Waals surface area contributed by atoms with Gasteiger partial charge in [0, 0.05) is 0 Å². The van der Waals surface area contributed by atoms with Gasteiger partial charge < -0.3 is 5.73 Å². The van der Waals surface area contributed by atoms with Crippen LogP contribution in [0.4, 0.5) is 5.82 Å². The Balaban J connectivity index is 2.11. The van der Waals surface area contributed by atoms with E-state index in [9.17, 15) is 4.79 Å². The lowest BCUT2D eigenvalue weighted by Crippen LogP contribution is -2.18. The molecule has 3 N–H and O–H groups in total. The monoisotopic (exact) mass is 259 g/mol. The van der Waals surface area contributed by atoms with E-state index in [4.69, 9.17) is 5.73 Å². The fraction of sp³-hybridized carbons (Fsp3) is 0.400. The molecule has 0 aliphatic carbocycles. The molecule has 4 heteroatoms. The molecular formula is C15H21N3O. The maximum Gasteiger partial charge on any atom is 0.271 e. The Labute approximate surface area is 113 Å². The van der Waals surface area contributed by atoms with Gasteiger partial charge in [-0.3, -0.25) is 9.89 Å². The molecule has 0 atom stereocenters. The molecule has 0 bridgehead atoms. The summed E-state index contributed by atoms with van der Waals surface area (Å²) in [5.41, 5.74) is 8.68. The fourth-order valence-corrected chi connectivity index (χ4v) is 2.08. The number of H-pyrrole nitrogens is 1. The van der Waals surface area contributed by atoms with Crippen molar-refractivity contribution in [1.29, 1.82) is 0 Å². The number of aromatic amines is 1. The molecule has 1 aromatic heterocycles. The average Bonchev–Trinajstić information content (AvgIpc) is 2.66. The van der Waals surface area contributed by atoms with E-state index in [1.165, 1.54) is 18.4 Å². The molecule has 0 fully saturated rings. The second-order valence-corrected chi connectivity index (χ2v) is 4.96. The molecule has 0 aliphatic heterocycles. The minimum absolute atomic E-state index is 0.0486. The zero-order valence-corrected chi connectivity index (χ0v) is 11.6. The van der Waals surface area contributed by atoms with Crippen LogP contribution in [-0.2, 0) is 13.0 Å². The lowest BCUT2D eigenvalue weighted by atomic mass is 10.1. The first kappa shape index (κ1) is 13.5. The summed E-state index contributed by atoms with van der Waals surface area (Å²) in [6, 6.07) is 8.41. The van der Waals surface area contributed by atoms with Gasteiger partial charge in [-0.25, -0.2) is 4.68 Å². The van der Waals surface area contributed by atoms with Gasteiger partial charge in [-0.05, 0) is 30.9 Å². The number of hydrogen-bond donors (Lipinski definition) is 2. The highest BCUT2D eigenvalue weighted by atomic mass is 16.1. The third-order valence-electron chi connectivity index (χ3n) is 3.41. The Bertz CT molecular complexity index is 593. The van der Waals surface area contributed by atoms with E-state index in [2.05, 4.69) is 36.3 Å². The Morgan fingerprint density at radius 2 is 1.84 bits per heavy atom. The Hall–Kier alpha value is -1.97. The number of nitrogen functional groups attached to an aromatic ring is 1. The topological polar surface area (TPSA) is 63.8 Å². The van der Waals surface area contributed by atoms with E-state index >= 15 is 0 Å². The van der Waals surface area contributed by atoms with E-state index in [0.717, 1.165) is 12.0 Å². The predicted molar refractivity (Wildman–Crippen MR) is 78.4 cm³/mol. The molecule has 19 heavy (non-hydrogen) atoms. The SMILES string of the molecule is CCCCc1ccc(Cn2[nH]c(N)c(C)c2=O)cc1. The summed E-state index contributed by atoms with van der Waals surface area (Å²) < 4.78 is 1.55. The molecule has 1 heterocycles. The highest BCUT2D eigenvalue weighted by Gasteiger charge is 2.07. The smallest absolute Gasteiger partial charge is 0.271 e. The number of anilines is 1. The van der Waals surface area contributed by atoms with Gasteiger partial charge in [0.2, 0.25) is 0 Å². The van der Waals surface area contributed by atoms with Crippen LogP contribution in [0.3, 0.4) is 0 Å². The number of nitrogens with zero attached hydrogens (tertiary/aromatic N) is 1. The summed E-state index contributed by atoms with van der Waals surface area (Å²) in [6.45, 7) is 4.46. The Kier molecular flexibility index (Phi) is 4.10. The molecular weight excluding hydrogens is 238 g/mol. The quantitative estimate of drug-likeness (QED) is 0.866. The van der Waals surface area contributed by atoms with Gasteiger partial charge in [0.05, 0.1) is 12.1 Å². The van der Waals surface area contributed by atoms with Crippen molar-refractivity contribution in [1.82, 2.24) is 9.78 Å². The molecule has 102 valence electrons. The number of aromatic nitrogens is 2. The largest absolute Gasteiger partial charge is 0.384 e. The summed E-state index contributed by atoms with van der Waals surface area (Å²) in [5, 5.41) is 2.89. The van der Waals surface area contributed by atoms with Gasteiger partial charge in [0.15, 0.2) is 0 Å². The van der Waals surface area contributed by atoms with E-state index in [1.807, 2.05) is 0 Å². The summed E-state index contributed by atoms with van der Waals surface area (Å²) in [7, 11) is 0. The van der Waals surface area contributed by atoms with Crippen molar-refractivity contribution in [2.45, 2.75) is 39.7 Å². The Morgan fingerprint density at radius 1 is 1.21 bits per heavy atom. The van der Waals surface area contributed by atoms with E-state index in [0.29, 0.717) is 17.9 Å². The molecule has 2 rings (SSSR count). The van der Waals surface area contributed by atoms with Gasteiger partial charge in [-0.15, -0.1) is 0 Å². The van der Waals surface area contributed by atoms with Crippen molar-refractivity contribution in [3.63, 3.8) is 0 Å². The van der Waals surface area contributed by atoms with Crippen LogP contribution in [0.25, 0.3) is 0 Å². The normalized spacial score (nSPS) is 10.8. The van der Waals surface area contributed by atoms with Gasteiger partial charge in [-0.1, -0.05) is 37.6 Å². The molecule has 2 aromatic rings. The molecule has 0 radical (unpaired) electrons. The molecule has 0 saturated heterocycles. The number of hydrogen-bond acceptors (Lipinski definition) is 2. The summed E-state index contributed by atoms with van der Waals surface area (Å²) in [5.74, 6) is 0.449. The van der Waals surface area contributed by atoms with Crippen LogP contribution >= 0.6 is 0 Å². The van der Waals surface area contributed by atoms with E-state index < -0.39 is 0 Å². The molecule has 1 aromatic carbocycles. The summed E-state index contributed by atoms with van der Waals surface area (Å²) in [4.78, 5) is 11.9. The third-order valence-corrected chi connectivity index (χ3v) is 3.41. The molecule has 0 unspecified atom stereocenters. The van der Waals surface area contributed by atoms with Crippen LogP contribution in [0.5, 0.6) is 0 Å². The fourth-order valence-electron chi connectivity index (χ4n) is 2.08. The standard InChI is InChI=1S/C15H21N3O/c1-3-4-5-12-6-8-13(9-7-12)10-18-15(19)11(2)14(16)17-18/h6-9,17H,3-5,10,16H2,1-2H3. The highest BCUT2D eigenvalue weighted by Crippen LogP contribution is 2.09. The van der Waals surface area contributed by atoms with Gasteiger partial charge in [-0.2, -0.15) is 0 Å². The van der Waals surface area contributed by atoms with Crippen LogP contribution in [0, 0.1) is 6.92 Å². The maximum atomic E-state index is 11.9. The average molecular weight is 259 g/mol. The highest BCUT2D eigenvalue weighted by molar-refractivity contribution is 5.36. The van der Waals surface area contributed by atoms with Crippen LogP contribution in [-0.4, -0.2) is 9.78 Å². The molecule has 0 aliphatic rings. The maximum absolute atomic E-state index is 11.9. The van der Waals surface area contributed by atoms with Crippen LogP contribution < -0.4 is 11.3 Å². The van der Waals surface area contributed by atoms with Crippen molar-refractivity contribution in [2.24, 2.45) is 0 Å². The number of nitrogens with one attached hydrogen (secondary N) is 1. The number of benzene rings is 1. The van der Waals surface area contributed by atoms with Crippen LogP contribution in [0.2, 0.25) is 0 Å². The minimum Gasteiger partial charge on any atom is -0.384 e. The van der Waals surface area contributed by atoms with Crippen molar-refractivity contribution in [3.8, 4) is 0 Å². The number of nitrogens with two attached hydrogens (primary N) is 1. The summed E-state index contributed by atoms with van der Waals surface area (Å²) in [6.07, 6.45) is 3.54. The first-order valence-electron chi connectivity index (χ1n) is 6.74.